The monoisotopic (exact) mass is 378 g/mol. The average Bonchev–Trinajstić information content (AvgIpc) is 3.21. The normalized spacial score (nSPS) is 19.4. The highest BCUT2D eigenvalue weighted by molar-refractivity contribution is 6.34. The third kappa shape index (κ3) is 3.61. The van der Waals surface area contributed by atoms with Crippen LogP contribution >= 0.6 is 0 Å². The zero-order valence-corrected chi connectivity index (χ0v) is 16.2. The number of carboxylic acids is 1. The summed E-state index contributed by atoms with van der Waals surface area (Å²) in [4.78, 5) is 27.1. The van der Waals surface area contributed by atoms with Crippen LogP contribution in [0.2, 0.25) is 0 Å². The summed E-state index contributed by atoms with van der Waals surface area (Å²) >= 11 is 0. The lowest BCUT2D eigenvalue weighted by Gasteiger charge is -2.20. The van der Waals surface area contributed by atoms with Crippen LogP contribution in [0.5, 0.6) is 0 Å². The number of anilines is 1. The number of amides is 1. The van der Waals surface area contributed by atoms with E-state index in [1.807, 2.05) is 18.2 Å². The minimum Gasteiger partial charge on any atom is -0.481 e. The smallest absolute Gasteiger partial charge is 0.303 e. The van der Waals surface area contributed by atoms with E-state index in [1.165, 1.54) is 5.56 Å². The van der Waals surface area contributed by atoms with Gasteiger partial charge in [-0.15, -0.1) is 0 Å². The van der Waals surface area contributed by atoms with Gasteiger partial charge in [0.1, 0.15) is 0 Å². The van der Waals surface area contributed by atoms with E-state index in [-0.39, 0.29) is 18.2 Å². The zero-order chi connectivity index (χ0) is 19.7. The molecule has 1 aliphatic carbocycles. The number of hydrogen-bond acceptors (Lipinski definition) is 2. The van der Waals surface area contributed by atoms with Crippen LogP contribution in [0.25, 0.3) is 11.6 Å². The molecule has 4 rings (SSSR count). The van der Waals surface area contributed by atoms with Gasteiger partial charge >= 0.3 is 5.97 Å². The van der Waals surface area contributed by atoms with Crippen LogP contribution in [-0.4, -0.2) is 22.0 Å². The Kier molecular flexibility index (Phi) is 5.07. The number of nitrogens with one attached hydrogen (secondary N) is 2. The van der Waals surface area contributed by atoms with Crippen molar-refractivity contribution in [3.8, 4) is 0 Å². The van der Waals surface area contributed by atoms with Gasteiger partial charge in [-0.25, -0.2) is 0 Å². The molecule has 1 amide bonds. The van der Waals surface area contributed by atoms with E-state index in [4.69, 9.17) is 0 Å². The first-order valence-electron chi connectivity index (χ1n) is 10.1. The Balaban J connectivity index is 1.66. The van der Waals surface area contributed by atoms with Crippen LogP contribution in [0.15, 0.2) is 24.3 Å². The van der Waals surface area contributed by atoms with Crippen molar-refractivity contribution in [2.75, 3.05) is 5.32 Å². The molecule has 1 aromatic carbocycles. The fraction of sp³-hybridized carbons (Fsp3) is 0.391. The van der Waals surface area contributed by atoms with E-state index >= 15 is 0 Å². The molecular weight excluding hydrogens is 352 g/mol. The molecule has 1 aliphatic heterocycles. The van der Waals surface area contributed by atoms with Gasteiger partial charge in [-0.1, -0.05) is 19.4 Å². The molecule has 3 N–H and O–H groups in total. The van der Waals surface area contributed by atoms with E-state index in [0.717, 1.165) is 66.7 Å². The van der Waals surface area contributed by atoms with Crippen molar-refractivity contribution in [2.24, 2.45) is 0 Å². The second-order valence-electron chi connectivity index (χ2n) is 7.84. The predicted octanol–water partition coefficient (Wildman–Crippen LogP) is 4.74. The lowest BCUT2D eigenvalue weighted by atomic mass is 9.85. The Hall–Kier alpha value is -2.82. The van der Waals surface area contributed by atoms with Crippen LogP contribution < -0.4 is 5.32 Å². The number of aryl methyl sites for hydroxylation is 2. The number of benzene rings is 1. The van der Waals surface area contributed by atoms with Crippen LogP contribution in [0.1, 0.15) is 73.0 Å². The fourth-order valence-corrected chi connectivity index (χ4v) is 4.36. The Bertz CT molecular complexity index is 955. The van der Waals surface area contributed by atoms with Gasteiger partial charge in [0.25, 0.3) is 5.91 Å². The van der Waals surface area contributed by atoms with E-state index in [0.29, 0.717) is 5.57 Å². The summed E-state index contributed by atoms with van der Waals surface area (Å²) in [6.07, 6.45) is 8.17. The molecule has 0 spiro atoms. The maximum Gasteiger partial charge on any atom is 0.303 e. The zero-order valence-electron chi connectivity index (χ0n) is 16.2. The lowest BCUT2D eigenvalue weighted by Crippen LogP contribution is -2.12. The number of hydrogen-bond donors (Lipinski definition) is 3. The quantitative estimate of drug-likeness (QED) is 0.635. The Morgan fingerprint density at radius 2 is 2.18 bits per heavy atom. The van der Waals surface area contributed by atoms with E-state index in [2.05, 4.69) is 29.4 Å². The summed E-state index contributed by atoms with van der Waals surface area (Å²) in [5.74, 6) is -0.796. The van der Waals surface area contributed by atoms with Crippen LogP contribution in [0, 0.1) is 0 Å². The molecule has 1 unspecified atom stereocenters. The largest absolute Gasteiger partial charge is 0.481 e. The third-order valence-corrected chi connectivity index (χ3v) is 5.78. The van der Waals surface area contributed by atoms with E-state index in [9.17, 15) is 14.7 Å². The summed E-state index contributed by atoms with van der Waals surface area (Å²) in [7, 11) is 0. The molecule has 0 saturated heterocycles. The average molecular weight is 378 g/mol. The number of unbranched alkanes of at least 4 members (excludes halogenated alkanes) is 1. The van der Waals surface area contributed by atoms with Crippen molar-refractivity contribution in [2.45, 2.75) is 57.8 Å². The van der Waals surface area contributed by atoms with Crippen molar-refractivity contribution >= 4 is 29.2 Å². The molecule has 1 atom stereocenters. The number of H-pyrrole nitrogens is 1. The first-order chi connectivity index (χ1) is 13.5. The van der Waals surface area contributed by atoms with E-state index < -0.39 is 5.97 Å². The molecule has 5 heteroatoms. The van der Waals surface area contributed by atoms with Crippen molar-refractivity contribution in [3.63, 3.8) is 0 Å². The number of carbonyl (C=O) groups excluding carboxylic acids is 1. The first kappa shape index (κ1) is 18.5. The SMILES string of the molecule is CCCCc1ccc2c(c1)C(=Cc1cc3c([nH]1)CCCC3CC(=O)O)C(=O)N2. The number of aromatic amines is 1. The highest BCUT2D eigenvalue weighted by Crippen LogP contribution is 2.37. The number of fused-ring (bicyclic) bond motifs is 2. The van der Waals surface area contributed by atoms with Gasteiger partial charge in [0.2, 0.25) is 0 Å². The summed E-state index contributed by atoms with van der Waals surface area (Å²) in [5, 5.41) is 12.1. The standard InChI is InChI=1S/C23H26N2O3/c1-2-3-5-14-8-9-21-18(10-14)19(23(28)25-21)13-16-12-17-15(11-22(26)27)6-4-7-20(17)24-16/h8-10,12-13,15,24H,2-7,11H2,1H3,(H,25,28)(H,26,27). The van der Waals surface area contributed by atoms with Crippen LogP contribution in [0.3, 0.4) is 0 Å². The Morgan fingerprint density at radius 1 is 1.32 bits per heavy atom. The third-order valence-electron chi connectivity index (χ3n) is 5.78. The second-order valence-corrected chi connectivity index (χ2v) is 7.84. The van der Waals surface area contributed by atoms with Crippen LogP contribution in [-0.2, 0) is 22.4 Å². The molecule has 1 aromatic heterocycles. The predicted molar refractivity (Wildman–Crippen MR) is 110 cm³/mol. The van der Waals surface area contributed by atoms with Crippen molar-refractivity contribution < 1.29 is 14.7 Å². The molecule has 0 bridgehead atoms. The molecule has 0 fully saturated rings. The summed E-state index contributed by atoms with van der Waals surface area (Å²) in [6, 6.07) is 8.22. The minimum atomic E-state index is -0.761. The summed E-state index contributed by atoms with van der Waals surface area (Å²) in [5.41, 5.74) is 6.80. The Morgan fingerprint density at radius 3 is 2.96 bits per heavy atom. The Labute approximate surface area is 164 Å². The highest BCUT2D eigenvalue weighted by atomic mass is 16.4. The lowest BCUT2D eigenvalue weighted by molar-refractivity contribution is -0.137. The minimum absolute atomic E-state index is 0.0509. The molecular formula is C23H26N2O3. The summed E-state index contributed by atoms with van der Waals surface area (Å²) < 4.78 is 0. The second kappa shape index (κ2) is 7.66. The number of carboxylic acid groups (broad SMARTS) is 1. The number of aromatic nitrogens is 1. The van der Waals surface area contributed by atoms with Crippen molar-refractivity contribution in [1.82, 2.24) is 4.98 Å². The molecule has 5 nitrogen and oxygen atoms in total. The van der Waals surface area contributed by atoms with Gasteiger partial charge in [0.05, 0.1) is 12.0 Å². The first-order valence-corrected chi connectivity index (χ1v) is 10.1. The molecule has 28 heavy (non-hydrogen) atoms. The van der Waals surface area contributed by atoms with Crippen molar-refractivity contribution in [3.05, 3.63) is 52.3 Å². The van der Waals surface area contributed by atoms with Gasteiger partial charge in [0.15, 0.2) is 0 Å². The van der Waals surface area contributed by atoms with Gasteiger partial charge < -0.3 is 15.4 Å². The molecule has 0 saturated carbocycles. The molecule has 146 valence electrons. The van der Waals surface area contributed by atoms with E-state index in [1.54, 1.807) is 0 Å². The molecule has 2 aromatic rings. The van der Waals surface area contributed by atoms with Gasteiger partial charge in [-0.2, -0.15) is 0 Å². The maximum absolute atomic E-state index is 12.5. The maximum atomic E-state index is 12.5. The van der Waals surface area contributed by atoms with Gasteiger partial charge in [-0.3, -0.25) is 9.59 Å². The highest BCUT2D eigenvalue weighted by Gasteiger charge is 2.27. The van der Waals surface area contributed by atoms with Crippen LogP contribution in [0.4, 0.5) is 5.69 Å². The van der Waals surface area contributed by atoms with Gasteiger partial charge in [-0.05, 0) is 73.4 Å². The fourth-order valence-electron chi connectivity index (χ4n) is 4.36. The van der Waals surface area contributed by atoms with Gasteiger partial charge in [0, 0.05) is 22.6 Å². The number of carbonyl (C=O) groups is 2. The molecule has 2 heterocycles. The molecule has 2 aliphatic rings. The number of rotatable bonds is 6. The topological polar surface area (TPSA) is 82.2 Å². The summed E-state index contributed by atoms with van der Waals surface area (Å²) in [6.45, 7) is 2.18. The number of aliphatic carboxylic acids is 1. The van der Waals surface area contributed by atoms with Crippen molar-refractivity contribution in [1.29, 1.82) is 0 Å². The molecule has 0 radical (unpaired) electrons.